The van der Waals surface area contributed by atoms with E-state index in [4.69, 9.17) is 5.73 Å². The zero-order valence-electron chi connectivity index (χ0n) is 8.46. The molecule has 2 N–H and O–H groups in total. The van der Waals surface area contributed by atoms with E-state index in [0.717, 1.165) is 12.0 Å². The molecule has 0 fully saturated rings. The van der Waals surface area contributed by atoms with E-state index >= 15 is 0 Å². The first-order valence-corrected chi connectivity index (χ1v) is 5.20. The molecular weight excluding hydrogens is 177 g/mol. The summed E-state index contributed by atoms with van der Waals surface area (Å²) >= 11 is 0. The van der Waals surface area contributed by atoms with Gasteiger partial charge in [-0.15, -0.1) is 0 Å². The third kappa shape index (κ3) is 1.55. The van der Waals surface area contributed by atoms with Gasteiger partial charge in [-0.2, -0.15) is 0 Å². The van der Waals surface area contributed by atoms with Crippen LogP contribution in [0.2, 0.25) is 0 Å². The van der Waals surface area contributed by atoms with Gasteiger partial charge in [0.25, 0.3) is 0 Å². The standard InChI is InChI=1S/C12H16FN/c1-8-2-3-9-4-5-10(13)6-11(9)12(8)7-14/h4-6,8,12H,2-3,7,14H2,1H3. The fourth-order valence-electron chi connectivity index (χ4n) is 2.39. The van der Waals surface area contributed by atoms with Gasteiger partial charge in [0.05, 0.1) is 0 Å². The highest BCUT2D eigenvalue weighted by atomic mass is 19.1. The van der Waals surface area contributed by atoms with Gasteiger partial charge >= 0.3 is 0 Å². The molecule has 14 heavy (non-hydrogen) atoms. The number of halogens is 1. The van der Waals surface area contributed by atoms with Crippen LogP contribution in [0.1, 0.15) is 30.4 Å². The van der Waals surface area contributed by atoms with Crippen molar-refractivity contribution in [2.24, 2.45) is 11.7 Å². The van der Waals surface area contributed by atoms with Crippen LogP contribution in [-0.4, -0.2) is 6.54 Å². The van der Waals surface area contributed by atoms with Gasteiger partial charge < -0.3 is 5.73 Å². The van der Waals surface area contributed by atoms with Crippen LogP contribution in [0.15, 0.2) is 18.2 Å². The Hall–Kier alpha value is -0.890. The minimum Gasteiger partial charge on any atom is -0.330 e. The molecule has 0 heterocycles. The second kappa shape index (κ2) is 3.70. The number of hydrogen-bond acceptors (Lipinski definition) is 1. The van der Waals surface area contributed by atoms with Crippen LogP contribution in [0.5, 0.6) is 0 Å². The lowest BCUT2D eigenvalue weighted by atomic mass is 9.76. The average Bonchev–Trinajstić information content (AvgIpc) is 2.17. The van der Waals surface area contributed by atoms with Gasteiger partial charge in [0.15, 0.2) is 0 Å². The number of nitrogens with two attached hydrogens (primary N) is 1. The normalized spacial score (nSPS) is 25.9. The highest BCUT2D eigenvalue weighted by Gasteiger charge is 2.25. The Morgan fingerprint density at radius 1 is 1.50 bits per heavy atom. The van der Waals surface area contributed by atoms with Crippen LogP contribution in [0.4, 0.5) is 4.39 Å². The highest BCUT2D eigenvalue weighted by Crippen LogP contribution is 2.35. The molecule has 1 aromatic rings. The number of benzene rings is 1. The molecule has 0 radical (unpaired) electrons. The molecule has 2 rings (SSSR count). The van der Waals surface area contributed by atoms with E-state index in [9.17, 15) is 4.39 Å². The third-order valence-corrected chi connectivity index (χ3v) is 3.32. The van der Waals surface area contributed by atoms with Crippen molar-refractivity contribution in [1.82, 2.24) is 0 Å². The molecule has 0 spiro atoms. The maximum Gasteiger partial charge on any atom is 0.123 e. The second-order valence-electron chi connectivity index (χ2n) is 4.20. The Labute approximate surface area is 84.1 Å². The summed E-state index contributed by atoms with van der Waals surface area (Å²) in [5.41, 5.74) is 8.14. The van der Waals surface area contributed by atoms with Gasteiger partial charge in [-0.3, -0.25) is 0 Å². The summed E-state index contributed by atoms with van der Waals surface area (Å²) in [6.45, 7) is 2.82. The lowest BCUT2D eigenvalue weighted by Gasteiger charge is -2.30. The predicted octanol–water partition coefficient (Wildman–Crippen LogP) is 2.45. The predicted molar refractivity (Wildman–Crippen MR) is 55.7 cm³/mol. The summed E-state index contributed by atoms with van der Waals surface area (Å²) < 4.78 is 13.1. The van der Waals surface area contributed by atoms with Crippen molar-refractivity contribution in [3.63, 3.8) is 0 Å². The first kappa shape index (κ1) is 9.66. The summed E-state index contributed by atoms with van der Waals surface area (Å²) in [7, 11) is 0. The Bertz CT molecular complexity index is 335. The van der Waals surface area contributed by atoms with Gasteiger partial charge in [0.1, 0.15) is 5.82 Å². The molecule has 0 amide bonds. The van der Waals surface area contributed by atoms with E-state index in [1.165, 1.54) is 12.0 Å². The van der Waals surface area contributed by atoms with Crippen LogP contribution in [0, 0.1) is 11.7 Å². The highest BCUT2D eigenvalue weighted by molar-refractivity contribution is 5.34. The first-order valence-electron chi connectivity index (χ1n) is 5.20. The van der Waals surface area contributed by atoms with Crippen LogP contribution < -0.4 is 5.73 Å². The molecule has 0 bridgehead atoms. The van der Waals surface area contributed by atoms with Crippen molar-refractivity contribution in [3.8, 4) is 0 Å². The fraction of sp³-hybridized carbons (Fsp3) is 0.500. The summed E-state index contributed by atoms with van der Waals surface area (Å²) in [4.78, 5) is 0. The van der Waals surface area contributed by atoms with Gasteiger partial charge in [-0.1, -0.05) is 13.0 Å². The minimum atomic E-state index is -0.142. The molecule has 0 saturated heterocycles. The number of aryl methyl sites for hydroxylation is 1. The molecule has 0 aliphatic heterocycles. The quantitative estimate of drug-likeness (QED) is 0.728. The van der Waals surface area contributed by atoms with E-state index in [1.807, 2.05) is 6.07 Å². The van der Waals surface area contributed by atoms with Gasteiger partial charge in [-0.05, 0) is 54.5 Å². The maximum absolute atomic E-state index is 13.1. The number of fused-ring (bicyclic) bond motifs is 1. The molecule has 2 unspecified atom stereocenters. The third-order valence-electron chi connectivity index (χ3n) is 3.32. The van der Waals surface area contributed by atoms with E-state index in [0.29, 0.717) is 18.4 Å². The first-order chi connectivity index (χ1) is 6.72. The van der Waals surface area contributed by atoms with Crippen molar-refractivity contribution in [2.45, 2.75) is 25.7 Å². The molecule has 2 heteroatoms. The fourth-order valence-corrected chi connectivity index (χ4v) is 2.39. The Kier molecular flexibility index (Phi) is 2.55. The Balaban J connectivity index is 2.43. The zero-order chi connectivity index (χ0) is 10.1. The second-order valence-corrected chi connectivity index (χ2v) is 4.20. The van der Waals surface area contributed by atoms with Crippen LogP contribution >= 0.6 is 0 Å². The summed E-state index contributed by atoms with van der Waals surface area (Å²) in [6.07, 6.45) is 2.23. The van der Waals surface area contributed by atoms with Crippen molar-refractivity contribution in [3.05, 3.63) is 35.1 Å². The summed E-state index contributed by atoms with van der Waals surface area (Å²) in [6, 6.07) is 5.10. The molecule has 0 aromatic heterocycles. The van der Waals surface area contributed by atoms with Gasteiger partial charge in [0.2, 0.25) is 0 Å². The Morgan fingerprint density at radius 2 is 2.29 bits per heavy atom. The molecule has 1 aliphatic rings. The molecule has 1 nitrogen and oxygen atoms in total. The molecule has 1 aromatic carbocycles. The molecule has 1 aliphatic carbocycles. The molecule has 2 atom stereocenters. The summed E-state index contributed by atoms with van der Waals surface area (Å²) in [5.74, 6) is 0.778. The molecule has 76 valence electrons. The molecular formula is C12H16FN. The topological polar surface area (TPSA) is 26.0 Å². The largest absolute Gasteiger partial charge is 0.330 e. The smallest absolute Gasteiger partial charge is 0.123 e. The Morgan fingerprint density at radius 3 is 3.00 bits per heavy atom. The SMILES string of the molecule is CC1CCc2ccc(F)cc2C1CN. The monoisotopic (exact) mass is 193 g/mol. The lowest BCUT2D eigenvalue weighted by molar-refractivity contribution is 0.406. The van der Waals surface area contributed by atoms with Crippen molar-refractivity contribution < 1.29 is 4.39 Å². The zero-order valence-corrected chi connectivity index (χ0v) is 8.46. The van der Waals surface area contributed by atoms with Crippen molar-refractivity contribution >= 4 is 0 Å². The van der Waals surface area contributed by atoms with Crippen LogP contribution in [-0.2, 0) is 6.42 Å². The van der Waals surface area contributed by atoms with Crippen molar-refractivity contribution in [2.75, 3.05) is 6.54 Å². The average molecular weight is 193 g/mol. The van der Waals surface area contributed by atoms with E-state index in [1.54, 1.807) is 12.1 Å². The van der Waals surface area contributed by atoms with Crippen molar-refractivity contribution in [1.29, 1.82) is 0 Å². The van der Waals surface area contributed by atoms with E-state index in [-0.39, 0.29) is 5.82 Å². The molecule has 0 saturated carbocycles. The minimum absolute atomic E-state index is 0.142. The summed E-state index contributed by atoms with van der Waals surface area (Å²) in [5, 5.41) is 0. The lowest BCUT2D eigenvalue weighted by Crippen LogP contribution is -2.25. The van der Waals surface area contributed by atoms with E-state index < -0.39 is 0 Å². The van der Waals surface area contributed by atoms with Gasteiger partial charge in [-0.25, -0.2) is 4.39 Å². The number of rotatable bonds is 1. The van der Waals surface area contributed by atoms with Crippen LogP contribution in [0.25, 0.3) is 0 Å². The maximum atomic E-state index is 13.1. The number of hydrogen-bond donors (Lipinski definition) is 1. The van der Waals surface area contributed by atoms with Crippen LogP contribution in [0.3, 0.4) is 0 Å². The van der Waals surface area contributed by atoms with E-state index in [2.05, 4.69) is 6.92 Å². The van der Waals surface area contributed by atoms with Gasteiger partial charge in [0, 0.05) is 0 Å².